The van der Waals surface area contributed by atoms with Crippen LogP contribution in [0.15, 0.2) is 60.7 Å². The lowest BCUT2D eigenvalue weighted by Gasteiger charge is -2.31. The molecule has 1 unspecified atom stereocenters. The Morgan fingerprint density at radius 2 is 1.84 bits per heavy atom. The molecule has 37 heavy (non-hydrogen) atoms. The van der Waals surface area contributed by atoms with Crippen LogP contribution in [-0.2, 0) is 14.3 Å². The van der Waals surface area contributed by atoms with E-state index in [0.29, 0.717) is 44.2 Å². The lowest BCUT2D eigenvalue weighted by atomic mass is 9.94. The van der Waals surface area contributed by atoms with Crippen molar-refractivity contribution in [2.24, 2.45) is 0 Å². The summed E-state index contributed by atoms with van der Waals surface area (Å²) in [6.45, 7) is 9.76. The summed E-state index contributed by atoms with van der Waals surface area (Å²) in [4.78, 5) is 32.4. The number of nitrogens with zero attached hydrogens (tertiary/aromatic N) is 3. The number of Topliss-reactive ketones (excluding diaryl/α,β-unsaturated/α-hetero) is 1. The Kier molecular flexibility index (Phi) is 8.31. The van der Waals surface area contributed by atoms with Crippen molar-refractivity contribution in [2.45, 2.75) is 13.0 Å². The third kappa shape index (κ3) is 5.70. The summed E-state index contributed by atoms with van der Waals surface area (Å²) in [7, 11) is 3.91. The zero-order valence-corrected chi connectivity index (χ0v) is 21.8. The second kappa shape index (κ2) is 11.6. The van der Waals surface area contributed by atoms with Crippen LogP contribution in [0.5, 0.6) is 5.75 Å². The molecular formula is C29H35N3O5. The predicted octanol–water partition coefficient (Wildman–Crippen LogP) is 3.38. The summed E-state index contributed by atoms with van der Waals surface area (Å²) in [5.74, 6) is -0.796. The monoisotopic (exact) mass is 505 g/mol. The smallest absolute Gasteiger partial charge is 0.295 e. The number of likely N-dealkylation sites (tertiary alicyclic amines) is 1. The van der Waals surface area contributed by atoms with Crippen molar-refractivity contribution in [1.29, 1.82) is 0 Å². The molecule has 2 saturated heterocycles. The SMILES string of the molecule is C=CCOc1ccc(/C(O)=C2/C(=O)C(=O)N(CCN3CCOCC3)C2c2ccc(N(C)C)cc2)cc1C. The Labute approximate surface area is 218 Å². The van der Waals surface area contributed by atoms with Crippen molar-refractivity contribution >= 4 is 23.1 Å². The molecule has 8 heteroatoms. The zero-order chi connectivity index (χ0) is 26.5. The molecule has 0 aromatic heterocycles. The highest BCUT2D eigenvalue weighted by molar-refractivity contribution is 6.46. The lowest BCUT2D eigenvalue weighted by Crippen LogP contribution is -2.42. The second-order valence-electron chi connectivity index (χ2n) is 9.51. The molecule has 0 aliphatic carbocycles. The standard InChI is InChI=1S/C29H35N3O5/c1-5-16-37-24-11-8-22(19-20(24)2)27(33)25-26(21-6-9-23(10-7-21)30(3)4)32(29(35)28(25)34)13-12-31-14-17-36-18-15-31/h5-11,19,26,33H,1,12-18H2,2-4H3/b27-25-. The van der Waals surface area contributed by atoms with Gasteiger partial charge in [-0.25, -0.2) is 0 Å². The Bertz CT molecular complexity index is 1180. The fourth-order valence-electron chi connectivity index (χ4n) is 4.75. The van der Waals surface area contributed by atoms with Crippen LogP contribution in [0.1, 0.15) is 22.7 Å². The minimum Gasteiger partial charge on any atom is -0.507 e. The van der Waals surface area contributed by atoms with Gasteiger partial charge in [-0.15, -0.1) is 0 Å². The van der Waals surface area contributed by atoms with Crippen LogP contribution in [0.2, 0.25) is 0 Å². The minimum atomic E-state index is -0.686. The number of carbonyl (C=O) groups is 2. The van der Waals surface area contributed by atoms with E-state index in [-0.39, 0.29) is 11.3 Å². The van der Waals surface area contributed by atoms with Crippen LogP contribution in [0, 0.1) is 6.92 Å². The van der Waals surface area contributed by atoms with Crippen LogP contribution in [-0.4, -0.2) is 86.7 Å². The molecule has 1 amide bonds. The van der Waals surface area contributed by atoms with Crippen LogP contribution < -0.4 is 9.64 Å². The number of rotatable bonds is 9. The van der Waals surface area contributed by atoms with Crippen molar-refractivity contribution in [1.82, 2.24) is 9.80 Å². The van der Waals surface area contributed by atoms with E-state index >= 15 is 0 Å². The van der Waals surface area contributed by atoms with E-state index in [1.54, 1.807) is 29.2 Å². The molecule has 1 atom stereocenters. The maximum Gasteiger partial charge on any atom is 0.295 e. The van der Waals surface area contributed by atoms with E-state index in [1.165, 1.54) is 0 Å². The molecule has 2 aromatic rings. The van der Waals surface area contributed by atoms with Gasteiger partial charge in [0.2, 0.25) is 0 Å². The topological polar surface area (TPSA) is 82.5 Å². The van der Waals surface area contributed by atoms with Gasteiger partial charge in [0, 0.05) is 51.5 Å². The molecule has 0 radical (unpaired) electrons. The number of aliphatic hydroxyl groups excluding tert-OH is 1. The Morgan fingerprint density at radius 1 is 1.14 bits per heavy atom. The Morgan fingerprint density at radius 3 is 2.46 bits per heavy atom. The first-order valence-corrected chi connectivity index (χ1v) is 12.5. The fraction of sp³-hybridized carbons (Fsp3) is 0.379. The number of amides is 1. The largest absolute Gasteiger partial charge is 0.507 e. The van der Waals surface area contributed by atoms with Gasteiger partial charge in [-0.3, -0.25) is 14.5 Å². The zero-order valence-electron chi connectivity index (χ0n) is 21.8. The number of anilines is 1. The number of ether oxygens (including phenoxy) is 2. The van der Waals surface area contributed by atoms with E-state index in [0.717, 1.165) is 29.9 Å². The number of carbonyl (C=O) groups excluding carboxylic acids is 2. The second-order valence-corrected chi connectivity index (χ2v) is 9.51. The summed E-state index contributed by atoms with van der Waals surface area (Å²) in [5, 5.41) is 11.4. The van der Waals surface area contributed by atoms with Gasteiger partial charge < -0.3 is 24.4 Å². The van der Waals surface area contributed by atoms with Gasteiger partial charge in [0.15, 0.2) is 0 Å². The van der Waals surface area contributed by atoms with Gasteiger partial charge in [0.25, 0.3) is 11.7 Å². The average Bonchev–Trinajstić information content (AvgIpc) is 3.16. The maximum atomic E-state index is 13.3. The van der Waals surface area contributed by atoms with E-state index in [9.17, 15) is 14.7 Å². The average molecular weight is 506 g/mol. The molecule has 2 aliphatic heterocycles. The Balaban J connectivity index is 1.73. The maximum absolute atomic E-state index is 13.3. The van der Waals surface area contributed by atoms with E-state index in [4.69, 9.17) is 9.47 Å². The summed E-state index contributed by atoms with van der Waals surface area (Å²) in [5.41, 5.74) is 3.14. The molecule has 2 heterocycles. The highest BCUT2D eigenvalue weighted by Crippen LogP contribution is 2.40. The molecule has 2 aromatic carbocycles. The summed E-state index contributed by atoms with van der Waals surface area (Å²) in [6.07, 6.45) is 1.66. The number of hydrogen-bond donors (Lipinski definition) is 1. The highest BCUT2D eigenvalue weighted by Gasteiger charge is 2.46. The number of morpholine rings is 1. The number of benzene rings is 2. The fourth-order valence-corrected chi connectivity index (χ4v) is 4.75. The molecule has 0 saturated carbocycles. The summed E-state index contributed by atoms with van der Waals surface area (Å²) in [6, 6.07) is 12.3. The minimum absolute atomic E-state index is 0.101. The third-order valence-electron chi connectivity index (χ3n) is 6.83. The van der Waals surface area contributed by atoms with Gasteiger partial charge >= 0.3 is 0 Å². The van der Waals surface area contributed by atoms with Crippen LogP contribution in [0.3, 0.4) is 0 Å². The predicted molar refractivity (Wildman–Crippen MR) is 144 cm³/mol. The molecule has 8 nitrogen and oxygen atoms in total. The molecule has 4 rings (SSSR count). The summed E-state index contributed by atoms with van der Waals surface area (Å²) >= 11 is 0. The van der Waals surface area contributed by atoms with Crippen molar-refractivity contribution in [3.05, 3.63) is 77.4 Å². The Hall–Kier alpha value is -3.62. The van der Waals surface area contributed by atoms with Crippen molar-refractivity contribution in [2.75, 3.05) is 65.0 Å². The quantitative estimate of drug-likeness (QED) is 0.242. The number of ketones is 1. The van der Waals surface area contributed by atoms with Gasteiger partial charge in [-0.2, -0.15) is 0 Å². The van der Waals surface area contributed by atoms with Crippen LogP contribution in [0.4, 0.5) is 5.69 Å². The van der Waals surface area contributed by atoms with Gasteiger partial charge in [0.05, 0.1) is 24.8 Å². The van der Waals surface area contributed by atoms with E-state index in [1.807, 2.05) is 50.2 Å². The van der Waals surface area contributed by atoms with E-state index in [2.05, 4.69) is 11.5 Å². The molecule has 1 N–H and O–H groups in total. The molecule has 196 valence electrons. The van der Waals surface area contributed by atoms with Crippen molar-refractivity contribution in [3.63, 3.8) is 0 Å². The lowest BCUT2D eigenvalue weighted by molar-refractivity contribution is -0.140. The summed E-state index contributed by atoms with van der Waals surface area (Å²) < 4.78 is 11.1. The van der Waals surface area contributed by atoms with Crippen LogP contribution >= 0.6 is 0 Å². The normalized spacial score (nSPS) is 19.8. The number of aryl methyl sites for hydroxylation is 1. The number of aliphatic hydroxyl groups is 1. The van der Waals surface area contributed by atoms with Crippen molar-refractivity contribution in [3.8, 4) is 5.75 Å². The first-order valence-electron chi connectivity index (χ1n) is 12.5. The first kappa shape index (κ1) is 26.4. The first-order chi connectivity index (χ1) is 17.8. The third-order valence-corrected chi connectivity index (χ3v) is 6.83. The van der Waals surface area contributed by atoms with Crippen LogP contribution in [0.25, 0.3) is 5.76 Å². The van der Waals surface area contributed by atoms with Gasteiger partial charge in [0.1, 0.15) is 18.1 Å². The van der Waals surface area contributed by atoms with E-state index < -0.39 is 17.7 Å². The van der Waals surface area contributed by atoms with Crippen molar-refractivity contribution < 1.29 is 24.2 Å². The molecule has 2 fully saturated rings. The highest BCUT2D eigenvalue weighted by atomic mass is 16.5. The van der Waals surface area contributed by atoms with Gasteiger partial charge in [-0.1, -0.05) is 24.8 Å². The molecule has 2 aliphatic rings. The molecule has 0 bridgehead atoms. The molecule has 0 spiro atoms. The molecular weight excluding hydrogens is 470 g/mol. The van der Waals surface area contributed by atoms with Gasteiger partial charge in [-0.05, 0) is 48.4 Å². The number of hydrogen-bond acceptors (Lipinski definition) is 7.